The molecule has 0 atom stereocenters. The molecule has 96 valence electrons. The van der Waals surface area contributed by atoms with Gasteiger partial charge in [0.25, 0.3) is 0 Å². The smallest absolute Gasteiger partial charge is 0.128 e. The van der Waals surface area contributed by atoms with Crippen molar-refractivity contribution in [1.82, 2.24) is 4.98 Å². The first-order valence-corrected chi connectivity index (χ1v) is 5.82. The van der Waals surface area contributed by atoms with Crippen LogP contribution < -0.4 is 10.6 Å². The SMILES string of the molecule is CNc1cccc(NCCCOCCOC)n1. The summed E-state index contributed by atoms with van der Waals surface area (Å²) in [6, 6.07) is 5.85. The van der Waals surface area contributed by atoms with Crippen LogP contribution in [0.1, 0.15) is 6.42 Å². The summed E-state index contributed by atoms with van der Waals surface area (Å²) in [5.41, 5.74) is 0. The van der Waals surface area contributed by atoms with Crippen LogP contribution in [-0.2, 0) is 9.47 Å². The first kappa shape index (κ1) is 13.7. The van der Waals surface area contributed by atoms with Gasteiger partial charge in [-0.3, -0.25) is 0 Å². The van der Waals surface area contributed by atoms with Crippen molar-refractivity contribution in [1.29, 1.82) is 0 Å². The Bertz CT molecular complexity index is 308. The molecule has 0 amide bonds. The minimum Gasteiger partial charge on any atom is -0.382 e. The van der Waals surface area contributed by atoms with Crippen LogP contribution in [0.25, 0.3) is 0 Å². The zero-order valence-corrected chi connectivity index (χ0v) is 10.5. The molecule has 2 N–H and O–H groups in total. The average Bonchev–Trinajstić information content (AvgIpc) is 2.38. The molecule has 0 aromatic carbocycles. The van der Waals surface area contributed by atoms with Crippen molar-refractivity contribution in [2.45, 2.75) is 6.42 Å². The van der Waals surface area contributed by atoms with Crippen molar-refractivity contribution in [3.8, 4) is 0 Å². The molecule has 0 radical (unpaired) electrons. The number of rotatable bonds is 9. The molecule has 1 rings (SSSR count). The molecule has 0 aliphatic carbocycles. The van der Waals surface area contributed by atoms with Gasteiger partial charge in [-0.05, 0) is 18.6 Å². The van der Waals surface area contributed by atoms with Crippen LogP contribution in [-0.4, -0.2) is 45.5 Å². The zero-order chi connectivity index (χ0) is 12.3. The molecular weight excluding hydrogens is 218 g/mol. The Balaban J connectivity index is 2.09. The van der Waals surface area contributed by atoms with E-state index in [9.17, 15) is 0 Å². The fourth-order valence-corrected chi connectivity index (χ4v) is 1.31. The second-order valence-electron chi connectivity index (χ2n) is 3.54. The maximum Gasteiger partial charge on any atom is 0.128 e. The van der Waals surface area contributed by atoms with Crippen molar-refractivity contribution in [2.24, 2.45) is 0 Å². The van der Waals surface area contributed by atoms with Gasteiger partial charge >= 0.3 is 0 Å². The Morgan fingerprint density at radius 1 is 1.18 bits per heavy atom. The monoisotopic (exact) mass is 239 g/mol. The molecule has 5 nitrogen and oxygen atoms in total. The van der Waals surface area contributed by atoms with Crippen LogP contribution in [0.2, 0.25) is 0 Å². The van der Waals surface area contributed by atoms with Gasteiger partial charge in [0.1, 0.15) is 11.6 Å². The van der Waals surface area contributed by atoms with Crippen molar-refractivity contribution in [3.63, 3.8) is 0 Å². The van der Waals surface area contributed by atoms with E-state index in [4.69, 9.17) is 9.47 Å². The highest BCUT2D eigenvalue weighted by atomic mass is 16.5. The second kappa shape index (κ2) is 8.78. The molecular formula is C12H21N3O2. The molecule has 1 heterocycles. The highest BCUT2D eigenvalue weighted by Crippen LogP contribution is 2.07. The molecule has 0 aliphatic rings. The maximum atomic E-state index is 5.36. The normalized spacial score (nSPS) is 10.2. The summed E-state index contributed by atoms with van der Waals surface area (Å²) < 4.78 is 10.2. The summed E-state index contributed by atoms with van der Waals surface area (Å²) in [4.78, 5) is 4.36. The molecule has 0 aliphatic heterocycles. The summed E-state index contributed by atoms with van der Waals surface area (Å²) in [5.74, 6) is 1.75. The van der Waals surface area contributed by atoms with Gasteiger partial charge in [0.05, 0.1) is 13.2 Å². The van der Waals surface area contributed by atoms with Gasteiger partial charge in [0.2, 0.25) is 0 Å². The first-order valence-electron chi connectivity index (χ1n) is 5.82. The molecule has 0 spiro atoms. The Labute approximate surface area is 103 Å². The lowest BCUT2D eigenvalue weighted by Crippen LogP contribution is -2.09. The van der Waals surface area contributed by atoms with Crippen molar-refractivity contribution in [3.05, 3.63) is 18.2 Å². The van der Waals surface area contributed by atoms with Crippen LogP contribution in [0, 0.1) is 0 Å². The summed E-state index contributed by atoms with van der Waals surface area (Å²) in [6.07, 6.45) is 0.954. The number of nitrogens with zero attached hydrogens (tertiary/aromatic N) is 1. The maximum absolute atomic E-state index is 5.36. The topological polar surface area (TPSA) is 55.4 Å². The van der Waals surface area contributed by atoms with Crippen molar-refractivity contribution >= 4 is 11.6 Å². The third-order valence-electron chi connectivity index (χ3n) is 2.21. The number of nitrogens with one attached hydrogen (secondary N) is 2. The number of pyridine rings is 1. The lowest BCUT2D eigenvalue weighted by atomic mass is 10.4. The largest absolute Gasteiger partial charge is 0.382 e. The third-order valence-corrected chi connectivity index (χ3v) is 2.21. The van der Waals surface area contributed by atoms with Crippen LogP contribution in [0.15, 0.2) is 18.2 Å². The van der Waals surface area contributed by atoms with Gasteiger partial charge in [0.15, 0.2) is 0 Å². The lowest BCUT2D eigenvalue weighted by molar-refractivity contribution is 0.0705. The summed E-state index contributed by atoms with van der Waals surface area (Å²) in [6.45, 7) is 2.90. The molecule has 0 saturated carbocycles. The van der Waals surface area contributed by atoms with Gasteiger partial charge in [-0.25, -0.2) is 4.98 Å². The molecule has 0 unspecified atom stereocenters. The predicted octanol–water partition coefficient (Wildman–Crippen LogP) is 1.59. The number of hydrogen-bond donors (Lipinski definition) is 2. The number of hydrogen-bond acceptors (Lipinski definition) is 5. The van der Waals surface area contributed by atoms with E-state index in [0.29, 0.717) is 13.2 Å². The van der Waals surface area contributed by atoms with E-state index >= 15 is 0 Å². The molecule has 0 saturated heterocycles. The van der Waals surface area contributed by atoms with E-state index in [2.05, 4.69) is 15.6 Å². The second-order valence-corrected chi connectivity index (χ2v) is 3.54. The van der Waals surface area contributed by atoms with E-state index in [1.165, 1.54) is 0 Å². The first-order chi connectivity index (χ1) is 8.36. The van der Waals surface area contributed by atoms with Crippen molar-refractivity contribution < 1.29 is 9.47 Å². The van der Waals surface area contributed by atoms with E-state index < -0.39 is 0 Å². The van der Waals surface area contributed by atoms with Crippen LogP contribution in [0.3, 0.4) is 0 Å². The Morgan fingerprint density at radius 3 is 2.76 bits per heavy atom. The molecule has 0 fully saturated rings. The highest BCUT2D eigenvalue weighted by Gasteiger charge is 1.95. The van der Waals surface area contributed by atoms with Crippen LogP contribution >= 0.6 is 0 Å². The molecule has 5 heteroatoms. The van der Waals surface area contributed by atoms with Gasteiger partial charge in [-0.15, -0.1) is 0 Å². The Morgan fingerprint density at radius 2 is 2.00 bits per heavy atom. The number of aromatic nitrogens is 1. The van der Waals surface area contributed by atoms with Crippen LogP contribution in [0.5, 0.6) is 0 Å². The molecule has 0 bridgehead atoms. The summed E-state index contributed by atoms with van der Waals surface area (Å²) in [7, 11) is 3.53. The third kappa shape index (κ3) is 6.09. The van der Waals surface area contributed by atoms with Gasteiger partial charge in [-0.2, -0.15) is 0 Å². The van der Waals surface area contributed by atoms with E-state index in [1.54, 1.807) is 7.11 Å². The highest BCUT2D eigenvalue weighted by molar-refractivity contribution is 5.44. The summed E-state index contributed by atoms with van der Waals surface area (Å²) >= 11 is 0. The predicted molar refractivity (Wildman–Crippen MR) is 69.6 cm³/mol. The minimum absolute atomic E-state index is 0.652. The van der Waals surface area contributed by atoms with E-state index in [-0.39, 0.29) is 0 Å². The lowest BCUT2D eigenvalue weighted by Gasteiger charge is -2.07. The van der Waals surface area contributed by atoms with E-state index in [0.717, 1.165) is 31.2 Å². The fourth-order valence-electron chi connectivity index (χ4n) is 1.31. The fraction of sp³-hybridized carbons (Fsp3) is 0.583. The van der Waals surface area contributed by atoms with Gasteiger partial charge in [0, 0.05) is 27.3 Å². The van der Waals surface area contributed by atoms with Crippen LogP contribution in [0.4, 0.5) is 11.6 Å². The van der Waals surface area contributed by atoms with E-state index in [1.807, 2.05) is 25.2 Å². The number of ether oxygens (including phenoxy) is 2. The molecule has 17 heavy (non-hydrogen) atoms. The number of methoxy groups -OCH3 is 1. The van der Waals surface area contributed by atoms with Crippen molar-refractivity contribution in [2.75, 3.05) is 51.2 Å². The minimum atomic E-state index is 0.652. The summed E-state index contributed by atoms with van der Waals surface area (Å²) in [5, 5.41) is 6.25. The molecule has 1 aromatic heterocycles. The standard InChI is InChI=1S/C12H21N3O2/c1-13-11-5-3-6-12(15-11)14-7-4-8-17-10-9-16-2/h3,5-6H,4,7-10H2,1-2H3,(H2,13,14,15). The number of anilines is 2. The zero-order valence-electron chi connectivity index (χ0n) is 10.5. The van der Waals surface area contributed by atoms with Gasteiger partial charge in [-0.1, -0.05) is 6.07 Å². The molecule has 1 aromatic rings. The van der Waals surface area contributed by atoms with Gasteiger partial charge < -0.3 is 20.1 Å². The Hall–Kier alpha value is -1.33. The average molecular weight is 239 g/mol. The Kier molecular flexibility index (Phi) is 7.09. The quantitative estimate of drug-likeness (QED) is 0.641.